The molecule has 6 heteroatoms. The number of methoxy groups -OCH3 is 1. The molecule has 0 aliphatic carbocycles. The van der Waals surface area contributed by atoms with Crippen LogP contribution in [-0.4, -0.2) is 29.2 Å². The number of carbonyl (C=O) groups is 1. The summed E-state index contributed by atoms with van der Waals surface area (Å²) < 4.78 is 13.0. The number of hydrogen-bond donors (Lipinski definition) is 0. The van der Waals surface area contributed by atoms with Gasteiger partial charge in [0.15, 0.2) is 0 Å². The number of halogens is 1. The number of hydrogen-bond acceptors (Lipinski definition) is 4. The molecule has 1 aromatic heterocycles. The van der Waals surface area contributed by atoms with E-state index in [2.05, 4.69) is 32.3 Å². The Morgan fingerprint density at radius 3 is 2.75 bits per heavy atom. The molecular weight excluding hydrogens is 371 g/mol. The Morgan fingerprint density at radius 1 is 1.35 bits per heavy atom. The van der Waals surface area contributed by atoms with Crippen molar-refractivity contribution in [2.75, 3.05) is 13.7 Å². The maximum Gasteiger partial charge on any atom is 0.356 e. The summed E-state index contributed by atoms with van der Waals surface area (Å²) in [4.78, 5) is 15.4. The molecule has 0 aliphatic rings. The third-order valence-corrected chi connectivity index (χ3v) is 3.67. The van der Waals surface area contributed by atoms with Gasteiger partial charge in [0.1, 0.15) is 18.1 Å². The van der Waals surface area contributed by atoms with Crippen LogP contribution >= 0.6 is 22.6 Å². The minimum atomic E-state index is -0.395. The highest BCUT2D eigenvalue weighted by Crippen LogP contribution is 2.14. The molecule has 20 heavy (non-hydrogen) atoms. The van der Waals surface area contributed by atoms with Crippen molar-refractivity contribution in [2.24, 2.45) is 0 Å². The first-order chi connectivity index (χ1) is 9.74. The predicted octanol–water partition coefficient (Wildman–Crippen LogP) is 2.68. The molecule has 2 aromatic rings. The van der Waals surface area contributed by atoms with Crippen LogP contribution in [0.2, 0.25) is 0 Å². The van der Waals surface area contributed by atoms with Gasteiger partial charge in [-0.1, -0.05) is 34.7 Å². The smallest absolute Gasteiger partial charge is 0.356 e. The van der Waals surface area contributed by atoms with Crippen LogP contribution in [-0.2, 0) is 15.7 Å². The van der Waals surface area contributed by atoms with Crippen LogP contribution < -0.4 is 4.74 Å². The van der Waals surface area contributed by atoms with E-state index in [1.54, 1.807) is 10.9 Å². The highest BCUT2D eigenvalue weighted by atomic mass is 127. The molecule has 0 bridgehead atoms. The van der Waals surface area contributed by atoms with Crippen LogP contribution in [0, 0.1) is 0 Å². The van der Waals surface area contributed by atoms with E-state index in [9.17, 15) is 4.79 Å². The lowest BCUT2D eigenvalue weighted by Gasteiger charge is -2.09. The molecule has 0 saturated heterocycles. The number of nitrogens with zero attached hydrogens (tertiary/aromatic N) is 2. The number of rotatable bonds is 6. The molecule has 0 amide bonds. The van der Waals surface area contributed by atoms with E-state index in [0.29, 0.717) is 18.8 Å². The number of benzene rings is 1. The highest BCUT2D eigenvalue weighted by Gasteiger charge is 2.11. The number of aromatic nitrogens is 2. The second-order valence-electron chi connectivity index (χ2n) is 4.09. The molecular formula is C14H15IN2O3. The fourth-order valence-electron chi connectivity index (χ4n) is 1.71. The van der Waals surface area contributed by atoms with E-state index in [4.69, 9.17) is 4.74 Å². The van der Waals surface area contributed by atoms with E-state index in [1.807, 2.05) is 24.3 Å². The molecule has 1 heterocycles. The third kappa shape index (κ3) is 3.72. The lowest BCUT2D eigenvalue weighted by atomic mass is 10.2. The summed E-state index contributed by atoms with van der Waals surface area (Å²) >= 11 is 2.32. The summed E-state index contributed by atoms with van der Waals surface area (Å²) in [5.41, 5.74) is 1.69. The van der Waals surface area contributed by atoms with Gasteiger partial charge in [-0.2, -0.15) is 0 Å². The Hall–Kier alpha value is -1.57. The van der Waals surface area contributed by atoms with Crippen molar-refractivity contribution in [1.29, 1.82) is 0 Å². The van der Waals surface area contributed by atoms with Crippen molar-refractivity contribution in [3.63, 3.8) is 0 Å². The zero-order valence-corrected chi connectivity index (χ0v) is 13.2. The molecule has 5 nitrogen and oxygen atoms in total. The maximum absolute atomic E-state index is 11.5. The second kappa shape index (κ2) is 7.28. The standard InChI is InChI=1S/C14H15IN2O3/c1-19-14(18)13-9-16-10-17(13)6-7-20-12-4-2-11(8-15)3-5-12/h2-5,9-10H,6-8H2,1H3. The zero-order chi connectivity index (χ0) is 14.4. The fourth-order valence-corrected chi connectivity index (χ4v) is 2.22. The van der Waals surface area contributed by atoms with E-state index in [0.717, 1.165) is 10.2 Å². The van der Waals surface area contributed by atoms with Gasteiger partial charge in [0.25, 0.3) is 0 Å². The number of esters is 1. The van der Waals surface area contributed by atoms with E-state index >= 15 is 0 Å². The van der Waals surface area contributed by atoms with Crippen molar-refractivity contribution < 1.29 is 14.3 Å². The predicted molar refractivity (Wildman–Crippen MR) is 83.2 cm³/mol. The van der Waals surface area contributed by atoms with E-state index < -0.39 is 5.97 Å². The Balaban J connectivity index is 1.89. The van der Waals surface area contributed by atoms with Crippen LogP contribution in [0.5, 0.6) is 5.75 Å². The van der Waals surface area contributed by atoms with Crippen molar-refractivity contribution in [1.82, 2.24) is 9.55 Å². The summed E-state index contributed by atoms with van der Waals surface area (Å²) in [6.07, 6.45) is 3.08. The number of imidazole rings is 1. The quantitative estimate of drug-likeness (QED) is 0.435. The lowest BCUT2D eigenvalue weighted by Crippen LogP contribution is -2.14. The van der Waals surface area contributed by atoms with Gasteiger partial charge in [0.05, 0.1) is 26.2 Å². The Labute approximate surface area is 131 Å². The third-order valence-electron chi connectivity index (χ3n) is 2.79. The van der Waals surface area contributed by atoms with Gasteiger partial charge >= 0.3 is 5.97 Å². The highest BCUT2D eigenvalue weighted by molar-refractivity contribution is 14.1. The van der Waals surface area contributed by atoms with Crippen molar-refractivity contribution in [3.05, 3.63) is 48.0 Å². The average Bonchev–Trinajstić information content (AvgIpc) is 2.95. The normalized spacial score (nSPS) is 10.3. The first kappa shape index (κ1) is 14.8. The zero-order valence-electron chi connectivity index (χ0n) is 11.1. The molecule has 0 N–H and O–H groups in total. The lowest BCUT2D eigenvalue weighted by molar-refractivity contribution is 0.0587. The molecule has 0 atom stereocenters. The topological polar surface area (TPSA) is 53.3 Å². The molecule has 0 unspecified atom stereocenters. The van der Waals surface area contributed by atoms with Crippen LogP contribution in [0.1, 0.15) is 16.1 Å². The van der Waals surface area contributed by atoms with Gasteiger partial charge in [-0.25, -0.2) is 9.78 Å². The molecule has 0 aliphatic heterocycles. The molecule has 2 rings (SSSR count). The Morgan fingerprint density at radius 2 is 2.10 bits per heavy atom. The minimum Gasteiger partial charge on any atom is -0.492 e. The second-order valence-corrected chi connectivity index (χ2v) is 4.85. The van der Waals surface area contributed by atoms with Crippen molar-refractivity contribution >= 4 is 28.6 Å². The van der Waals surface area contributed by atoms with Crippen molar-refractivity contribution in [2.45, 2.75) is 11.0 Å². The summed E-state index contributed by atoms with van der Waals surface area (Å²) in [6.45, 7) is 1.00. The van der Waals surface area contributed by atoms with Gasteiger partial charge in [0, 0.05) is 4.43 Å². The summed E-state index contributed by atoms with van der Waals surface area (Å²) in [5.74, 6) is 0.423. The van der Waals surface area contributed by atoms with Crippen molar-refractivity contribution in [3.8, 4) is 5.75 Å². The summed E-state index contributed by atoms with van der Waals surface area (Å²) in [7, 11) is 1.35. The van der Waals surface area contributed by atoms with Crippen LogP contribution in [0.15, 0.2) is 36.8 Å². The van der Waals surface area contributed by atoms with E-state index in [1.165, 1.54) is 18.9 Å². The Kier molecular flexibility index (Phi) is 5.40. The van der Waals surface area contributed by atoms with Gasteiger partial charge in [-0.3, -0.25) is 0 Å². The molecule has 0 spiro atoms. The number of ether oxygens (including phenoxy) is 2. The van der Waals surface area contributed by atoms with Gasteiger partial charge in [0.2, 0.25) is 0 Å². The minimum absolute atomic E-state index is 0.395. The maximum atomic E-state index is 11.5. The molecule has 106 valence electrons. The number of carbonyl (C=O) groups excluding carboxylic acids is 1. The monoisotopic (exact) mass is 386 g/mol. The van der Waals surface area contributed by atoms with Crippen LogP contribution in [0.25, 0.3) is 0 Å². The first-order valence-corrected chi connectivity index (χ1v) is 7.63. The van der Waals surface area contributed by atoms with Gasteiger partial charge < -0.3 is 14.0 Å². The van der Waals surface area contributed by atoms with Gasteiger partial charge in [-0.05, 0) is 17.7 Å². The molecule has 0 radical (unpaired) electrons. The fraction of sp³-hybridized carbons (Fsp3) is 0.286. The molecule has 1 aromatic carbocycles. The van der Waals surface area contributed by atoms with Crippen LogP contribution in [0.4, 0.5) is 0 Å². The number of alkyl halides is 1. The Bertz CT molecular complexity index is 566. The van der Waals surface area contributed by atoms with Gasteiger partial charge in [-0.15, -0.1) is 0 Å². The van der Waals surface area contributed by atoms with Crippen LogP contribution in [0.3, 0.4) is 0 Å². The molecule has 0 fully saturated rings. The van der Waals surface area contributed by atoms with E-state index in [-0.39, 0.29) is 0 Å². The molecule has 0 saturated carbocycles. The first-order valence-electron chi connectivity index (χ1n) is 6.10. The SMILES string of the molecule is COC(=O)c1cncn1CCOc1ccc(CI)cc1. The average molecular weight is 386 g/mol. The summed E-state index contributed by atoms with van der Waals surface area (Å²) in [5, 5.41) is 0. The largest absolute Gasteiger partial charge is 0.492 e. The summed E-state index contributed by atoms with van der Waals surface area (Å²) in [6, 6.07) is 7.98.